The number of rotatable bonds is 5. The standard InChI is InChI=1S/C13H17ClN2O3/c14-12-4-3-11(16(18)19)7-10(12)8-15-9-13(17)5-1-2-6-13/h3-4,7,15,17H,1-2,5-6,8-9H2. The molecule has 1 fully saturated rings. The lowest BCUT2D eigenvalue weighted by Gasteiger charge is -2.22. The monoisotopic (exact) mass is 284 g/mol. The molecule has 1 aromatic carbocycles. The van der Waals surface area contributed by atoms with E-state index in [0.29, 0.717) is 23.7 Å². The molecule has 0 spiro atoms. The van der Waals surface area contributed by atoms with Crippen LogP contribution < -0.4 is 5.32 Å². The molecule has 1 aliphatic rings. The Bertz CT molecular complexity index is 473. The summed E-state index contributed by atoms with van der Waals surface area (Å²) in [6.07, 6.45) is 3.72. The first-order valence-electron chi connectivity index (χ1n) is 6.36. The number of nitrogens with zero attached hydrogens (tertiary/aromatic N) is 1. The van der Waals surface area contributed by atoms with Gasteiger partial charge in [-0.05, 0) is 24.5 Å². The Balaban J connectivity index is 1.95. The van der Waals surface area contributed by atoms with E-state index in [1.165, 1.54) is 18.2 Å². The van der Waals surface area contributed by atoms with E-state index in [1.54, 1.807) is 0 Å². The van der Waals surface area contributed by atoms with Crippen molar-refractivity contribution in [2.24, 2.45) is 0 Å². The lowest BCUT2D eigenvalue weighted by molar-refractivity contribution is -0.384. The van der Waals surface area contributed by atoms with Gasteiger partial charge in [0.25, 0.3) is 5.69 Å². The van der Waals surface area contributed by atoms with E-state index >= 15 is 0 Å². The number of hydrogen-bond acceptors (Lipinski definition) is 4. The second kappa shape index (κ2) is 5.86. The molecule has 2 N–H and O–H groups in total. The number of nitro groups is 1. The largest absolute Gasteiger partial charge is 0.389 e. The summed E-state index contributed by atoms with van der Waals surface area (Å²) in [6, 6.07) is 4.38. The van der Waals surface area contributed by atoms with Crippen LogP contribution in [0.1, 0.15) is 31.2 Å². The lowest BCUT2D eigenvalue weighted by atomic mass is 10.0. The molecule has 0 atom stereocenters. The van der Waals surface area contributed by atoms with E-state index in [-0.39, 0.29) is 5.69 Å². The fourth-order valence-corrected chi connectivity index (χ4v) is 2.63. The van der Waals surface area contributed by atoms with Gasteiger partial charge in [0, 0.05) is 30.2 Å². The molecule has 0 radical (unpaired) electrons. The first-order valence-corrected chi connectivity index (χ1v) is 6.74. The summed E-state index contributed by atoms with van der Waals surface area (Å²) in [5.41, 5.74) is 0.0749. The average Bonchev–Trinajstić information content (AvgIpc) is 2.78. The fraction of sp³-hybridized carbons (Fsp3) is 0.538. The number of aliphatic hydroxyl groups is 1. The summed E-state index contributed by atoms with van der Waals surface area (Å²) >= 11 is 6.01. The van der Waals surface area contributed by atoms with Crippen molar-refractivity contribution in [1.82, 2.24) is 5.32 Å². The minimum atomic E-state index is -0.632. The van der Waals surface area contributed by atoms with Gasteiger partial charge in [-0.15, -0.1) is 0 Å². The van der Waals surface area contributed by atoms with Crippen molar-refractivity contribution in [2.75, 3.05) is 6.54 Å². The van der Waals surface area contributed by atoms with Crippen molar-refractivity contribution < 1.29 is 10.0 Å². The van der Waals surface area contributed by atoms with Crippen molar-refractivity contribution in [3.05, 3.63) is 38.9 Å². The number of nitro benzene ring substituents is 1. The molecule has 5 nitrogen and oxygen atoms in total. The highest BCUT2D eigenvalue weighted by Gasteiger charge is 2.30. The summed E-state index contributed by atoms with van der Waals surface area (Å²) in [5, 5.41) is 24.5. The number of hydrogen-bond donors (Lipinski definition) is 2. The molecule has 1 aromatic rings. The third-order valence-corrected chi connectivity index (χ3v) is 3.91. The molecule has 2 rings (SSSR count). The molecule has 1 aliphatic carbocycles. The van der Waals surface area contributed by atoms with E-state index in [0.717, 1.165) is 25.7 Å². The van der Waals surface area contributed by atoms with E-state index in [2.05, 4.69) is 5.32 Å². The van der Waals surface area contributed by atoms with Crippen molar-refractivity contribution in [3.63, 3.8) is 0 Å². The Labute approximate surface area is 116 Å². The van der Waals surface area contributed by atoms with Crippen LogP contribution in [0.15, 0.2) is 18.2 Å². The highest BCUT2D eigenvalue weighted by Crippen LogP contribution is 2.29. The quantitative estimate of drug-likeness (QED) is 0.644. The first kappa shape index (κ1) is 14.2. The van der Waals surface area contributed by atoms with Crippen molar-refractivity contribution in [2.45, 2.75) is 37.8 Å². The highest BCUT2D eigenvalue weighted by molar-refractivity contribution is 6.31. The maximum absolute atomic E-state index is 10.7. The normalized spacial score (nSPS) is 17.6. The highest BCUT2D eigenvalue weighted by atomic mass is 35.5. The van der Waals surface area contributed by atoms with Crippen LogP contribution in [0, 0.1) is 10.1 Å². The Morgan fingerprint density at radius 1 is 1.42 bits per heavy atom. The molecule has 19 heavy (non-hydrogen) atoms. The third-order valence-electron chi connectivity index (χ3n) is 3.54. The molecular weight excluding hydrogens is 268 g/mol. The predicted octanol–water partition coefficient (Wildman–Crippen LogP) is 2.64. The van der Waals surface area contributed by atoms with Gasteiger partial charge in [0.05, 0.1) is 10.5 Å². The summed E-state index contributed by atoms with van der Waals surface area (Å²) in [7, 11) is 0. The molecule has 0 heterocycles. The lowest BCUT2D eigenvalue weighted by Crippen LogP contribution is -2.37. The molecular formula is C13H17ClN2O3. The maximum Gasteiger partial charge on any atom is 0.269 e. The van der Waals surface area contributed by atoms with Gasteiger partial charge in [0.1, 0.15) is 0 Å². The minimum Gasteiger partial charge on any atom is -0.389 e. The van der Waals surface area contributed by atoms with Crippen molar-refractivity contribution >= 4 is 17.3 Å². The second-order valence-electron chi connectivity index (χ2n) is 5.07. The summed E-state index contributed by atoms with van der Waals surface area (Å²) in [5.74, 6) is 0. The molecule has 0 aliphatic heterocycles. The smallest absolute Gasteiger partial charge is 0.269 e. The van der Waals surface area contributed by atoms with Crippen LogP contribution in [0.3, 0.4) is 0 Å². The molecule has 6 heteroatoms. The second-order valence-corrected chi connectivity index (χ2v) is 5.48. The Morgan fingerprint density at radius 2 is 2.11 bits per heavy atom. The number of halogens is 1. The summed E-state index contributed by atoms with van der Waals surface area (Å²) < 4.78 is 0. The van der Waals surface area contributed by atoms with Gasteiger partial charge in [-0.1, -0.05) is 24.4 Å². The zero-order chi connectivity index (χ0) is 13.9. The van der Waals surface area contributed by atoms with Crippen LogP contribution in [-0.2, 0) is 6.54 Å². The Morgan fingerprint density at radius 3 is 2.74 bits per heavy atom. The first-order chi connectivity index (χ1) is 9.00. The molecule has 0 amide bonds. The molecule has 0 unspecified atom stereocenters. The number of benzene rings is 1. The van der Waals surface area contributed by atoms with E-state index < -0.39 is 10.5 Å². The number of non-ortho nitro benzene ring substituents is 1. The van der Waals surface area contributed by atoms with Gasteiger partial charge >= 0.3 is 0 Å². The van der Waals surface area contributed by atoms with Gasteiger partial charge in [-0.3, -0.25) is 10.1 Å². The molecule has 0 saturated heterocycles. The van der Waals surface area contributed by atoms with Gasteiger partial charge in [0.15, 0.2) is 0 Å². The van der Waals surface area contributed by atoms with E-state index in [9.17, 15) is 15.2 Å². The Kier molecular flexibility index (Phi) is 4.39. The van der Waals surface area contributed by atoms with Crippen LogP contribution in [0.4, 0.5) is 5.69 Å². The van der Waals surface area contributed by atoms with Crippen molar-refractivity contribution in [1.29, 1.82) is 0 Å². The van der Waals surface area contributed by atoms with Crippen LogP contribution in [0.2, 0.25) is 5.02 Å². The van der Waals surface area contributed by atoms with Gasteiger partial charge in [-0.25, -0.2) is 0 Å². The van der Waals surface area contributed by atoms with Gasteiger partial charge in [0.2, 0.25) is 0 Å². The molecule has 104 valence electrons. The topological polar surface area (TPSA) is 75.4 Å². The molecule has 0 aromatic heterocycles. The van der Waals surface area contributed by atoms with Crippen LogP contribution in [0.25, 0.3) is 0 Å². The van der Waals surface area contributed by atoms with Crippen LogP contribution >= 0.6 is 11.6 Å². The summed E-state index contributed by atoms with van der Waals surface area (Å²) in [6.45, 7) is 0.912. The zero-order valence-electron chi connectivity index (χ0n) is 10.6. The SMILES string of the molecule is O=[N+]([O-])c1ccc(Cl)c(CNCC2(O)CCCC2)c1. The van der Waals surface area contributed by atoms with Crippen molar-refractivity contribution in [3.8, 4) is 0 Å². The predicted molar refractivity (Wildman–Crippen MR) is 73.2 cm³/mol. The molecule has 0 bridgehead atoms. The number of nitrogens with one attached hydrogen (secondary N) is 1. The zero-order valence-corrected chi connectivity index (χ0v) is 11.3. The van der Waals surface area contributed by atoms with Gasteiger partial charge < -0.3 is 10.4 Å². The van der Waals surface area contributed by atoms with Gasteiger partial charge in [-0.2, -0.15) is 0 Å². The summed E-state index contributed by atoms with van der Waals surface area (Å²) in [4.78, 5) is 10.3. The average molecular weight is 285 g/mol. The van der Waals surface area contributed by atoms with E-state index in [4.69, 9.17) is 11.6 Å². The maximum atomic E-state index is 10.7. The third kappa shape index (κ3) is 3.65. The Hall–Kier alpha value is -1.17. The minimum absolute atomic E-state index is 0.0285. The van der Waals surface area contributed by atoms with E-state index in [1.807, 2.05) is 0 Å². The molecule has 1 saturated carbocycles. The fourth-order valence-electron chi connectivity index (χ4n) is 2.45. The van der Waals surface area contributed by atoms with Crippen LogP contribution in [-0.4, -0.2) is 22.2 Å². The van der Waals surface area contributed by atoms with Crippen LogP contribution in [0.5, 0.6) is 0 Å².